The van der Waals surface area contributed by atoms with Crippen molar-refractivity contribution in [2.24, 2.45) is 0 Å². The van der Waals surface area contributed by atoms with Crippen molar-refractivity contribution in [1.82, 2.24) is 10.6 Å². The minimum absolute atomic E-state index is 0.00434. The molecule has 0 aliphatic heterocycles. The zero-order valence-electron chi connectivity index (χ0n) is 10.2. The van der Waals surface area contributed by atoms with Crippen LogP contribution in [-0.2, 0) is 17.9 Å². The van der Waals surface area contributed by atoms with Crippen LogP contribution in [0, 0.1) is 0 Å². The molecule has 1 aromatic rings. The molecule has 0 saturated carbocycles. The van der Waals surface area contributed by atoms with Gasteiger partial charge in [-0.3, -0.25) is 4.79 Å². The molecule has 3 N–H and O–H groups in total. The van der Waals surface area contributed by atoms with Crippen LogP contribution in [0.15, 0.2) is 24.3 Å². The number of hydrogen-bond donors (Lipinski definition) is 3. The standard InChI is InChI=1S/C13H20N2O2/c1-2-7-14-9-13(17)15-8-11-3-5-12(10-16)6-4-11/h3-6,14,16H,2,7-10H2,1H3,(H,15,17). The Balaban J connectivity index is 2.27. The van der Waals surface area contributed by atoms with Gasteiger partial charge in [0.1, 0.15) is 0 Å². The van der Waals surface area contributed by atoms with Gasteiger partial charge in [0, 0.05) is 6.54 Å². The number of carbonyl (C=O) groups excluding carboxylic acids is 1. The van der Waals surface area contributed by atoms with Crippen LogP contribution in [0.25, 0.3) is 0 Å². The number of amides is 1. The summed E-state index contributed by atoms with van der Waals surface area (Å²) in [6.07, 6.45) is 1.02. The van der Waals surface area contributed by atoms with E-state index in [4.69, 9.17) is 5.11 Å². The van der Waals surface area contributed by atoms with E-state index in [1.807, 2.05) is 24.3 Å². The van der Waals surface area contributed by atoms with Crippen molar-refractivity contribution in [3.8, 4) is 0 Å². The van der Waals surface area contributed by atoms with Crippen LogP contribution in [0.3, 0.4) is 0 Å². The Morgan fingerprint density at radius 3 is 2.47 bits per heavy atom. The third kappa shape index (κ3) is 5.47. The van der Waals surface area contributed by atoms with E-state index in [1.54, 1.807) is 0 Å². The maximum Gasteiger partial charge on any atom is 0.234 e. The normalized spacial score (nSPS) is 10.2. The zero-order valence-corrected chi connectivity index (χ0v) is 10.2. The fourth-order valence-electron chi connectivity index (χ4n) is 1.40. The van der Waals surface area contributed by atoms with Gasteiger partial charge >= 0.3 is 0 Å². The maximum atomic E-state index is 11.4. The first-order valence-electron chi connectivity index (χ1n) is 5.92. The smallest absolute Gasteiger partial charge is 0.234 e. The van der Waals surface area contributed by atoms with Gasteiger partial charge in [0.05, 0.1) is 13.2 Å². The molecule has 0 heterocycles. The molecule has 1 aromatic carbocycles. The number of carbonyl (C=O) groups is 1. The summed E-state index contributed by atoms with van der Waals surface area (Å²) >= 11 is 0. The molecular weight excluding hydrogens is 216 g/mol. The molecule has 0 fully saturated rings. The topological polar surface area (TPSA) is 61.4 Å². The number of aliphatic hydroxyl groups is 1. The minimum atomic E-state index is 0.00434. The molecule has 0 radical (unpaired) electrons. The van der Waals surface area contributed by atoms with E-state index >= 15 is 0 Å². The molecule has 0 aliphatic rings. The summed E-state index contributed by atoms with van der Waals surface area (Å²) in [6, 6.07) is 7.53. The fraction of sp³-hybridized carbons (Fsp3) is 0.462. The summed E-state index contributed by atoms with van der Waals surface area (Å²) in [5.41, 5.74) is 1.91. The Morgan fingerprint density at radius 2 is 1.88 bits per heavy atom. The first-order chi connectivity index (χ1) is 8.26. The SMILES string of the molecule is CCCNCC(=O)NCc1ccc(CO)cc1. The molecule has 0 bridgehead atoms. The van der Waals surface area contributed by atoms with Crippen molar-refractivity contribution in [2.75, 3.05) is 13.1 Å². The van der Waals surface area contributed by atoms with E-state index in [-0.39, 0.29) is 12.5 Å². The van der Waals surface area contributed by atoms with E-state index in [9.17, 15) is 4.79 Å². The highest BCUT2D eigenvalue weighted by atomic mass is 16.3. The molecule has 0 saturated heterocycles. The molecule has 4 nitrogen and oxygen atoms in total. The summed E-state index contributed by atoms with van der Waals surface area (Å²) in [5.74, 6) is 0.00434. The predicted molar refractivity (Wildman–Crippen MR) is 67.4 cm³/mol. The molecule has 94 valence electrons. The highest BCUT2D eigenvalue weighted by molar-refractivity contribution is 5.77. The van der Waals surface area contributed by atoms with Crippen molar-refractivity contribution in [3.05, 3.63) is 35.4 Å². The summed E-state index contributed by atoms with van der Waals surface area (Å²) in [4.78, 5) is 11.4. The van der Waals surface area contributed by atoms with Gasteiger partial charge in [-0.05, 0) is 24.1 Å². The molecule has 1 amide bonds. The van der Waals surface area contributed by atoms with Gasteiger partial charge in [0.15, 0.2) is 0 Å². The van der Waals surface area contributed by atoms with Crippen molar-refractivity contribution in [1.29, 1.82) is 0 Å². The highest BCUT2D eigenvalue weighted by Gasteiger charge is 2.00. The average molecular weight is 236 g/mol. The number of hydrogen-bond acceptors (Lipinski definition) is 3. The molecule has 17 heavy (non-hydrogen) atoms. The number of aliphatic hydroxyl groups excluding tert-OH is 1. The van der Waals surface area contributed by atoms with E-state index < -0.39 is 0 Å². The molecule has 0 aromatic heterocycles. The van der Waals surface area contributed by atoms with Gasteiger partial charge in [-0.2, -0.15) is 0 Å². The van der Waals surface area contributed by atoms with Crippen molar-refractivity contribution < 1.29 is 9.90 Å². The number of benzene rings is 1. The van der Waals surface area contributed by atoms with Crippen LogP contribution in [0.4, 0.5) is 0 Å². The second-order valence-electron chi connectivity index (χ2n) is 3.93. The monoisotopic (exact) mass is 236 g/mol. The summed E-state index contributed by atoms with van der Waals surface area (Å²) in [5, 5.41) is 14.8. The Labute approximate surface area is 102 Å². The summed E-state index contributed by atoms with van der Waals surface area (Å²) < 4.78 is 0. The average Bonchev–Trinajstić information content (AvgIpc) is 2.37. The Bertz CT molecular complexity index is 336. The van der Waals surface area contributed by atoms with Crippen LogP contribution in [0.5, 0.6) is 0 Å². The molecule has 0 aliphatic carbocycles. The van der Waals surface area contributed by atoms with Gasteiger partial charge in [-0.25, -0.2) is 0 Å². The number of rotatable bonds is 7. The lowest BCUT2D eigenvalue weighted by atomic mass is 10.1. The predicted octanol–water partition coefficient (Wildman–Crippen LogP) is 0.795. The van der Waals surface area contributed by atoms with Gasteiger partial charge in [-0.15, -0.1) is 0 Å². The number of nitrogens with one attached hydrogen (secondary N) is 2. The third-order valence-electron chi connectivity index (χ3n) is 2.41. The van der Waals surface area contributed by atoms with Crippen LogP contribution in [0.1, 0.15) is 24.5 Å². The first kappa shape index (κ1) is 13.7. The van der Waals surface area contributed by atoms with Gasteiger partial charge in [0.25, 0.3) is 0 Å². The molecule has 4 heteroatoms. The molecule has 0 spiro atoms. The second-order valence-corrected chi connectivity index (χ2v) is 3.93. The zero-order chi connectivity index (χ0) is 12.5. The van der Waals surface area contributed by atoms with Gasteiger partial charge in [0.2, 0.25) is 5.91 Å². The molecular formula is C13H20N2O2. The van der Waals surface area contributed by atoms with E-state index in [0.29, 0.717) is 13.1 Å². The van der Waals surface area contributed by atoms with Gasteiger partial charge < -0.3 is 15.7 Å². The van der Waals surface area contributed by atoms with Crippen LogP contribution >= 0.6 is 0 Å². The van der Waals surface area contributed by atoms with E-state index in [1.165, 1.54) is 0 Å². The largest absolute Gasteiger partial charge is 0.392 e. The Hall–Kier alpha value is -1.39. The Kier molecular flexibility index (Phi) is 6.29. The third-order valence-corrected chi connectivity index (χ3v) is 2.41. The highest BCUT2D eigenvalue weighted by Crippen LogP contribution is 2.03. The summed E-state index contributed by atoms with van der Waals surface area (Å²) in [6.45, 7) is 3.86. The second kappa shape index (κ2) is 7.81. The van der Waals surface area contributed by atoms with Crippen LogP contribution in [-0.4, -0.2) is 24.1 Å². The maximum absolute atomic E-state index is 11.4. The quantitative estimate of drug-likeness (QED) is 0.614. The van der Waals surface area contributed by atoms with Crippen molar-refractivity contribution >= 4 is 5.91 Å². The minimum Gasteiger partial charge on any atom is -0.392 e. The van der Waals surface area contributed by atoms with E-state index in [0.717, 1.165) is 24.1 Å². The van der Waals surface area contributed by atoms with Crippen LogP contribution < -0.4 is 10.6 Å². The fourth-order valence-corrected chi connectivity index (χ4v) is 1.40. The first-order valence-corrected chi connectivity index (χ1v) is 5.92. The Morgan fingerprint density at radius 1 is 1.24 bits per heavy atom. The molecule has 1 rings (SSSR count). The van der Waals surface area contributed by atoms with Gasteiger partial charge in [-0.1, -0.05) is 31.2 Å². The molecule has 0 atom stereocenters. The lowest BCUT2D eigenvalue weighted by Crippen LogP contribution is -2.33. The lowest BCUT2D eigenvalue weighted by Gasteiger charge is -2.06. The van der Waals surface area contributed by atoms with Crippen molar-refractivity contribution in [2.45, 2.75) is 26.5 Å². The van der Waals surface area contributed by atoms with Crippen molar-refractivity contribution in [3.63, 3.8) is 0 Å². The lowest BCUT2D eigenvalue weighted by molar-refractivity contribution is -0.120. The summed E-state index contributed by atoms with van der Waals surface area (Å²) in [7, 11) is 0. The molecule has 0 unspecified atom stereocenters. The van der Waals surface area contributed by atoms with Crippen LogP contribution in [0.2, 0.25) is 0 Å². The van der Waals surface area contributed by atoms with E-state index in [2.05, 4.69) is 17.6 Å².